The van der Waals surface area contributed by atoms with Gasteiger partial charge in [0.2, 0.25) is 0 Å². The van der Waals surface area contributed by atoms with Crippen LogP contribution in [0.3, 0.4) is 0 Å². The van der Waals surface area contributed by atoms with E-state index in [9.17, 15) is 4.79 Å². The molecule has 0 bridgehead atoms. The fourth-order valence-electron chi connectivity index (χ4n) is 3.39. The van der Waals surface area contributed by atoms with Crippen LogP contribution < -0.4 is 5.32 Å². The Bertz CT molecular complexity index is 911. The number of aryl methyl sites for hydroxylation is 1. The third-order valence-electron chi connectivity index (χ3n) is 4.83. The number of amides is 2. The molecular weight excluding hydrogens is 310 g/mol. The Kier molecular flexibility index (Phi) is 3.80. The third-order valence-corrected chi connectivity index (χ3v) is 4.83. The number of hydrogen-bond donors (Lipinski definition) is 1. The Morgan fingerprint density at radius 1 is 1.04 bits per heavy atom. The van der Waals surface area contributed by atoms with Crippen molar-refractivity contribution < 1.29 is 4.79 Å². The van der Waals surface area contributed by atoms with Crippen LogP contribution in [0, 0.1) is 6.92 Å². The summed E-state index contributed by atoms with van der Waals surface area (Å²) >= 11 is 0. The van der Waals surface area contributed by atoms with Gasteiger partial charge in [-0.2, -0.15) is 0 Å². The van der Waals surface area contributed by atoms with E-state index in [4.69, 9.17) is 0 Å². The first-order valence-electron chi connectivity index (χ1n) is 8.53. The Balaban J connectivity index is 1.68. The van der Waals surface area contributed by atoms with E-state index in [1.54, 1.807) is 0 Å². The van der Waals surface area contributed by atoms with Gasteiger partial charge < -0.3 is 14.8 Å². The Hall–Kier alpha value is -3.01. The molecule has 2 heterocycles. The van der Waals surface area contributed by atoms with Gasteiger partial charge >= 0.3 is 6.03 Å². The number of hydrogen-bond acceptors (Lipinski definition) is 1. The zero-order valence-corrected chi connectivity index (χ0v) is 14.4. The van der Waals surface area contributed by atoms with Crippen molar-refractivity contribution in [2.24, 2.45) is 0 Å². The number of carbonyl (C=O) groups excluding carboxylic acids is 1. The second-order valence-corrected chi connectivity index (χ2v) is 6.53. The predicted octanol–water partition coefficient (Wildman–Crippen LogP) is 4.89. The molecule has 4 heteroatoms. The molecule has 4 nitrogen and oxygen atoms in total. The molecule has 1 N–H and O–H groups in total. The number of aromatic nitrogens is 1. The average molecular weight is 331 g/mol. The summed E-state index contributed by atoms with van der Waals surface area (Å²) in [4.78, 5) is 14.8. The molecule has 25 heavy (non-hydrogen) atoms. The molecule has 4 rings (SSSR count). The summed E-state index contributed by atoms with van der Waals surface area (Å²) in [5.41, 5.74) is 5.39. The first kappa shape index (κ1) is 15.5. The van der Waals surface area contributed by atoms with Gasteiger partial charge in [0.1, 0.15) is 0 Å². The minimum atomic E-state index is -0.0826. The summed E-state index contributed by atoms with van der Waals surface area (Å²) in [7, 11) is 0. The Morgan fingerprint density at radius 3 is 2.60 bits per heavy atom. The smallest absolute Gasteiger partial charge is 0.318 e. The lowest BCUT2D eigenvalue weighted by Crippen LogP contribution is -2.36. The van der Waals surface area contributed by atoms with Crippen LogP contribution in [0.4, 0.5) is 10.5 Å². The van der Waals surface area contributed by atoms with E-state index in [-0.39, 0.29) is 12.1 Å². The number of urea groups is 1. The number of carbonyl (C=O) groups is 1. The summed E-state index contributed by atoms with van der Waals surface area (Å²) in [6, 6.07) is 20.1. The SMILES string of the molecule is Cc1ccc(NC(=O)N2Cc3ccccc3-n3cccc3[C@H]2C)cc1. The van der Waals surface area contributed by atoms with Gasteiger partial charge in [0.25, 0.3) is 0 Å². The third kappa shape index (κ3) is 2.80. The van der Waals surface area contributed by atoms with Crippen LogP contribution in [0.15, 0.2) is 66.9 Å². The molecule has 1 aromatic heterocycles. The molecule has 0 aliphatic carbocycles. The van der Waals surface area contributed by atoms with Crippen LogP contribution in [0.25, 0.3) is 5.69 Å². The second kappa shape index (κ2) is 6.13. The minimum Gasteiger partial charge on any atom is -0.318 e. The Morgan fingerprint density at radius 2 is 1.80 bits per heavy atom. The molecule has 0 spiro atoms. The number of anilines is 1. The predicted molar refractivity (Wildman–Crippen MR) is 99.9 cm³/mol. The quantitative estimate of drug-likeness (QED) is 0.677. The standard InChI is InChI=1S/C21H21N3O/c1-15-9-11-18(12-10-15)22-21(25)24-14-17-6-3-4-7-20(17)23-13-5-8-19(23)16(24)2/h3-13,16H,14H2,1-2H3,(H,22,25)/t16-/m1/s1. The summed E-state index contributed by atoms with van der Waals surface area (Å²) in [5.74, 6) is 0. The van der Waals surface area contributed by atoms with Gasteiger partial charge in [-0.1, -0.05) is 35.9 Å². The normalized spacial score (nSPS) is 15.9. The van der Waals surface area contributed by atoms with Crippen molar-refractivity contribution in [2.75, 3.05) is 5.32 Å². The molecule has 3 aromatic rings. The molecule has 0 radical (unpaired) electrons. The number of rotatable bonds is 1. The number of nitrogens with zero attached hydrogens (tertiary/aromatic N) is 2. The van der Waals surface area contributed by atoms with Crippen LogP contribution in [0.5, 0.6) is 0 Å². The van der Waals surface area contributed by atoms with Crippen LogP contribution in [-0.4, -0.2) is 15.5 Å². The van der Waals surface area contributed by atoms with Crippen molar-refractivity contribution in [1.29, 1.82) is 0 Å². The van der Waals surface area contributed by atoms with Gasteiger partial charge in [0.05, 0.1) is 18.3 Å². The molecule has 126 valence electrons. The molecule has 0 saturated heterocycles. The highest BCUT2D eigenvalue weighted by Gasteiger charge is 2.28. The van der Waals surface area contributed by atoms with Crippen molar-refractivity contribution in [3.05, 3.63) is 83.7 Å². The minimum absolute atomic E-state index is 0.0205. The summed E-state index contributed by atoms with van der Waals surface area (Å²) in [6.07, 6.45) is 2.06. The average Bonchev–Trinajstić information content (AvgIpc) is 3.07. The highest BCUT2D eigenvalue weighted by molar-refractivity contribution is 5.89. The van der Waals surface area contributed by atoms with E-state index in [1.165, 1.54) is 5.56 Å². The van der Waals surface area contributed by atoms with E-state index in [2.05, 4.69) is 41.2 Å². The van der Waals surface area contributed by atoms with Gasteiger partial charge in [0, 0.05) is 17.6 Å². The molecular formula is C21H21N3O. The van der Waals surface area contributed by atoms with Gasteiger partial charge in [0.15, 0.2) is 0 Å². The van der Waals surface area contributed by atoms with Gasteiger partial charge in [-0.05, 0) is 49.7 Å². The first-order valence-corrected chi connectivity index (χ1v) is 8.53. The van der Waals surface area contributed by atoms with Crippen molar-refractivity contribution in [2.45, 2.75) is 26.4 Å². The van der Waals surface area contributed by atoms with Crippen LogP contribution in [0.1, 0.15) is 29.8 Å². The first-order chi connectivity index (χ1) is 12.1. The van der Waals surface area contributed by atoms with Gasteiger partial charge in [-0.15, -0.1) is 0 Å². The van der Waals surface area contributed by atoms with Gasteiger partial charge in [-0.3, -0.25) is 0 Å². The van der Waals surface area contributed by atoms with Crippen molar-refractivity contribution in [1.82, 2.24) is 9.47 Å². The van der Waals surface area contributed by atoms with Crippen molar-refractivity contribution >= 4 is 11.7 Å². The molecule has 1 atom stereocenters. The maximum Gasteiger partial charge on any atom is 0.322 e. The Labute approximate surface area is 147 Å². The van der Waals surface area contributed by atoms with Crippen LogP contribution in [-0.2, 0) is 6.54 Å². The number of nitrogens with one attached hydrogen (secondary N) is 1. The zero-order valence-electron chi connectivity index (χ0n) is 14.4. The van der Waals surface area contributed by atoms with Crippen LogP contribution in [0.2, 0.25) is 0 Å². The van der Waals surface area contributed by atoms with E-state index in [0.717, 1.165) is 22.6 Å². The number of para-hydroxylation sites is 1. The summed E-state index contributed by atoms with van der Waals surface area (Å²) < 4.78 is 2.18. The zero-order chi connectivity index (χ0) is 17.4. The fraction of sp³-hybridized carbons (Fsp3) is 0.190. The number of benzene rings is 2. The van der Waals surface area contributed by atoms with E-state index in [0.29, 0.717) is 6.54 Å². The molecule has 1 aliphatic heterocycles. The lowest BCUT2D eigenvalue weighted by Gasteiger charge is -2.27. The highest BCUT2D eigenvalue weighted by Crippen LogP contribution is 2.32. The molecule has 0 fully saturated rings. The topological polar surface area (TPSA) is 37.3 Å². The van der Waals surface area contributed by atoms with E-state index in [1.807, 2.05) is 54.3 Å². The molecule has 0 saturated carbocycles. The second-order valence-electron chi connectivity index (χ2n) is 6.53. The molecule has 0 unspecified atom stereocenters. The maximum atomic E-state index is 13.0. The summed E-state index contributed by atoms with van der Waals surface area (Å²) in [6.45, 7) is 4.69. The van der Waals surface area contributed by atoms with E-state index >= 15 is 0 Å². The van der Waals surface area contributed by atoms with Crippen molar-refractivity contribution in [3.63, 3.8) is 0 Å². The van der Waals surface area contributed by atoms with Crippen LogP contribution >= 0.6 is 0 Å². The molecule has 1 aliphatic rings. The lowest BCUT2D eigenvalue weighted by atomic mass is 10.1. The fourth-order valence-corrected chi connectivity index (χ4v) is 3.39. The maximum absolute atomic E-state index is 13.0. The molecule has 2 amide bonds. The highest BCUT2D eigenvalue weighted by atomic mass is 16.2. The van der Waals surface area contributed by atoms with Crippen molar-refractivity contribution in [3.8, 4) is 5.69 Å². The summed E-state index contributed by atoms with van der Waals surface area (Å²) in [5, 5.41) is 3.03. The lowest BCUT2D eigenvalue weighted by molar-refractivity contribution is 0.189. The van der Waals surface area contributed by atoms with E-state index < -0.39 is 0 Å². The largest absolute Gasteiger partial charge is 0.322 e. The monoisotopic (exact) mass is 331 g/mol. The molecule has 2 aromatic carbocycles. The van der Waals surface area contributed by atoms with Gasteiger partial charge in [-0.25, -0.2) is 4.79 Å². The number of fused-ring (bicyclic) bond motifs is 3.